The molecule has 10 nitrogen and oxygen atoms in total. The molecule has 1 aliphatic rings. The van der Waals surface area contributed by atoms with Crippen LogP contribution in [0.1, 0.15) is 24.2 Å². The molecule has 1 saturated heterocycles. The van der Waals surface area contributed by atoms with Crippen molar-refractivity contribution < 1.29 is 18.7 Å². The number of aromatic nitrogens is 4. The fraction of sp³-hybridized carbons (Fsp3) is 0.381. The Labute approximate surface area is 194 Å². The minimum Gasteiger partial charge on any atom is -0.421 e. The molecule has 0 aliphatic carbocycles. The predicted molar refractivity (Wildman–Crippen MR) is 122 cm³/mol. The highest BCUT2D eigenvalue weighted by atomic mass is 32.1. The molecule has 0 spiro atoms. The van der Waals surface area contributed by atoms with E-state index < -0.39 is 5.82 Å². The fourth-order valence-corrected chi connectivity index (χ4v) is 3.93. The lowest BCUT2D eigenvalue weighted by Gasteiger charge is -2.37. The monoisotopic (exact) mass is 473 g/mol. The van der Waals surface area contributed by atoms with Crippen molar-refractivity contribution in [3.8, 4) is 22.5 Å². The SMILES string of the molecule is C[C@@H]1[C@@H](C)OCCN1c1nc(Oc2ccc(C(=O)N(C)C)cc2F)nc(-c2cnc(N)s2)n1. The number of ether oxygens (including phenoxy) is 2. The maximum absolute atomic E-state index is 14.7. The van der Waals surface area contributed by atoms with Gasteiger partial charge in [-0.3, -0.25) is 4.79 Å². The zero-order valence-corrected chi connectivity index (χ0v) is 19.5. The van der Waals surface area contributed by atoms with Gasteiger partial charge in [0.15, 0.2) is 22.5 Å². The smallest absolute Gasteiger partial charge is 0.327 e. The zero-order valence-electron chi connectivity index (χ0n) is 18.6. The van der Waals surface area contributed by atoms with Crippen molar-refractivity contribution in [1.29, 1.82) is 0 Å². The molecule has 3 aromatic rings. The van der Waals surface area contributed by atoms with E-state index in [9.17, 15) is 9.18 Å². The number of halogens is 1. The third kappa shape index (κ3) is 4.86. The van der Waals surface area contributed by atoms with Crippen molar-refractivity contribution in [3.63, 3.8) is 0 Å². The Bertz CT molecular complexity index is 1170. The van der Waals surface area contributed by atoms with Crippen LogP contribution in [0, 0.1) is 5.82 Å². The van der Waals surface area contributed by atoms with Crippen molar-refractivity contribution in [2.75, 3.05) is 37.9 Å². The van der Waals surface area contributed by atoms with Gasteiger partial charge in [0.25, 0.3) is 5.91 Å². The number of rotatable bonds is 5. The summed E-state index contributed by atoms with van der Waals surface area (Å²) in [5, 5.41) is 0.370. The molecular weight excluding hydrogens is 449 g/mol. The van der Waals surface area contributed by atoms with E-state index in [0.717, 1.165) is 6.07 Å². The number of carbonyl (C=O) groups excluding carboxylic acids is 1. The third-order valence-corrected chi connectivity index (χ3v) is 6.10. The van der Waals surface area contributed by atoms with E-state index in [1.54, 1.807) is 20.3 Å². The number of carbonyl (C=O) groups is 1. The number of hydrogen-bond acceptors (Lipinski definition) is 10. The van der Waals surface area contributed by atoms with Crippen molar-refractivity contribution in [1.82, 2.24) is 24.8 Å². The molecule has 2 aromatic heterocycles. The summed E-state index contributed by atoms with van der Waals surface area (Å²) in [5.74, 6) is -0.439. The highest BCUT2D eigenvalue weighted by Gasteiger charge is 2.29. The molecule has 2 N–H and O–H groups in total. The molecule has 1 aliphatic heterocycles. The second kappa shape index (κ2) is 9.24. The maximum Gasteiger partial charge on any atom is 0.327 e. The average molecular weight is 474 g/mol. The minimum absolute atomic E-state index is 0.00134. The number of nitrogen functional groups attached to an aromatic ring is 1. The third-order valence-electron chi connectivity index (χ3n) is 5.27. The molecule has 1 amide bonds. The summed E-state index contributed by atoms with van der Waals surface area (Å²) in [6.45, 7) is 5.09. The summed E-state index contributed by atoms with van der Waals surface area (Å²) in [5.41, 5.74) is 5.98. The van der Waals surface area contributed by atoms with Crippen molar-refractivity contribution in [2.45, 2.75) is 26.0 Å². The number of anilines is 2. The van der Waals surface area contributed by atoms with Crippen molar-refractivity contribution >= 4 is 28.3 Å². The Hall–Kier alpha value is -3.38. The van der Waals surface area contributed by atoms with Gasteiger partial charge in [-0.05, 0) is 32.0 Å². The van der Waals surface area contributed by atoms with Gasteiger partial charge < -0.3 is 25.0 Å². The molecule has 0 radical (unpaired) electrons. The standard InChI is InChI=1S/C21H24FN7O3S/c1-11-12(2)31-8-7-29(11)20-25-17(16-10-24-19(23)33-16)26-21(27-20)32-15-6-5-13(9-14(15)22)18(30)28(3)4/h5-6,9-12H,7-8H2,1-4H3,(H2,23,24)/t11-,12-/m1/s1. The average Bonchev–Trinajstić information content (AvgIpc) is 3.22. The number of amides is 1. The van der Waals surface area contributed by atoms with E-state index in [0.29, 0.717) is 34.9 Å². The fourth-order valence-electron chi connectivity index (χ4n) is 3.31. The molecule has 4 rings (SSSR count). The molecule has 0 bridgehead atoms. The number of nitrogens with zero attached hydrogens (tertiary/aromatic N) is 6. The second-order valence-corrected chi connectivity index (χ2v) is 8.82. The number of nitrogens with two attached hydrogens (primary N) is 1. The highest BCUT2D eigenvalue weighted by Crippen LogP contribution is 2.31. The summed E-state index contributed by atoms with van der Waals surface area (Å²) in [4.78, 5) is 33.5. The molecule has 1 aromatic carbocycles. The van der Waals surface area contributed by atoms with E-state index in [1.807, 2.05) is 18.7 Å². The van der Waals surface area contributed by atoms with Crippen LogP contribution in [0.15, 0.2) is 24.4 Å². The molecule has 33 heavy (non-hydrogen) atoms. The van der Waals surface area contributed by atoms with Gasteiger partial charge in [0.05, 0.1) is 29.8 Å². The number of hydrogen-bond donors (Lipinski definition) is 1. The molecule has 2 atom stereocenters. The topological polar surface area (TPSA) is 120 Å². The Balaban J connectivity index is 1.71. The Morgan fingerprint density at radius 2 is 2.09 bits per heavy atom. The quantitative estimate of drug-likeness (QED) is 0.596. The number of thiazole rings is 1. The summed E-state index contributed by atoms with van der Waals surface area (Å²) >= 11 is 1.22. The van der Waals surface area contributed by atoms with Gasteiger partial charge in [0, 0.05) is 26.2 Å². The number of morpholine rings is 1. The van der Waals surface area contributed by atoms with Gasteiger partial charge in [-0.1, -0.05) is 11.3 Å². The van der Waals surface area contributed by atoms with Crippen molar-refractivity contribution in [3.05, 3.63) is 35.8 Å². The molecular formula is C21H24FN7O3S. The molecule has 0 saturated carbocycles. The van der Waals surface area contributed by atoms with Gasteiger partial charge >= 0.3 is 6.01 Å². The maximum atomic E-state index is 14.7. The van der Waals surface area contributed by atoms with Crippen LogP contribution in [-0.2, 0) is 4.74 Å². The first kappa shape index (κ1) is 22.8. The molecule has 0 unspecified atom stereocenters. The first-order valence-corrected chi connectivity index (χ1v) is 11.1. The van der Waals surface area contributed by atoms with Crippen LogP contribution in [0.2, 0.25) is 0 Å². The molecule has 174 valence electrons. The van der Waals surface area contributed by atoms with Gasteiger partial charge in [-0.15, -0.1) is 0 Å². The van der Waals surface area contributed by atoms with Gasteiger partial charge in [0.2, 0.25) is 5.95 Å². The van der Waals surface area contributed by atoms with Crippen LogP contribution in [-0.4, -0.2) is 70.1 Å². The van der Waals surface area contributed by atoms with Crippen LogP contribution in [0.4, 0.5) is 15.5 Å². The normalized spacial score (nSPS) is 18.3. The Kier molecular flexibility index (Phi) is 6.38. The van der Waals surface area contributed by atoms with E-state index >= 15 is 0 Å². The van der Waals surface area contributed by atoms with Crippen LogP contribution in [0.3, 0.4) is 0 Å². The summed E-state index contributed by atoms with van der Waals surface area (Å²) in [6, 6.07) is 3.90. The van der Waals surface area contributed by atoms with Crippen LogP contribution in [0.25, 0.3) is 10.7 Å². The lowest BCUT2D eigenvalue weighted by molar-refractivity contribution is 0.0277. The van der Waals surface area contributed by atoms with E-state index in [1.165, 1.54) is 28.4 Å². The summed E-state index contributed by atoms with van der Waals surface area (Å²) in [6.07, 6.45) is 1.54. The lowest BCUT2D eigenvalue weighted by atomic mass is 10.1. The van der Waals surface area contributed by atoms with E-state index in [2.05, 4.69) is 19.9 Å². The minimum atomic E-state index is -0.707. The Morgan fingerprint density at radius 1 is 1.30 bits per heavy atom. The molecule has 1 fully saturated rings. The molecule has 12 heteroatoms. The van der Waals surface area contributed by atoms with Crippen LogP contribution >= 0.6 is 11.3 Å². The van der Waals surface area contributed by atoms with Crippen LogP contribution in [0.5, 0.6) is 11.8 Å². The van der Waals surface area contributed by atoms with Gasteiger partial charge in [-0.25, -0.2) is 9.37 Å². The number of benzene rings is 1. The first-order chi connectivity index (χ1) is 15.7. The highest BCUT2D eigenvalue weighted by molar-refractivity contribution is 7.18. The predicted octanol–water partition coefficient (Wildman–Crippen LogP) is 2.82. The largest absolute Gasteiger partial charge is 0.421 e. The molecule has 3 heterocycles. The summed E-state index contributed by atoms with van der Waals surface area (Å²) < 4.78 is 26.1. The van der Waals surface area contributed by atoms with Crippen molar-refractivity contribution in [2.24, 2.45) is 0 Å². The second-order valence-electron chi connectivity index (χ2n) is 7.76. The first-order valence-electron chi connectivity index (χ1n) is 10.3. The van der Waals surface area contributed by atoms with Gasteiger partial charge in [0.1, 0.15) is 0 Å². The lowest BCUT2D eigenvalue weighted by Crippen LogP contribution is -2.49. The zero-order chi connectivity index (χ0) is 23.7. The van der Waals surface area contributed by atoms with E-state index in [4.69, 9.17) is 15.2 Å². The van der Waals surface area contributed by atoms with Gasteiger partial charge in [-0.2, -0.15) is 15.0 Å². The van der Waals surface area contributed by atoms with E-state index in [-0.39, 0.29) is 35.4 Å². The van der Waals surface area contributed by atoms with Crippen LogP contribution < -0.4 is 15.4 Å². The summed E-state index contributed by atoms with van der Waals surface area (Å²) in [7, 11) is 3.19. The Morgan fingerprint density at radius 3 is 2.76 bits per heavy atom.